The number of pyridine rings is 1. The predicted molar refractivity (Wildman–Crippen MR) is 93.6 cm³/mol. The maximum atomic E-state index is 12.9. The van der Waals surface area contributed by atoms with Crippen LogP contribution in [0.1, 0.15) is 16.1 Å². The second-order valence-corrected chi connectivity index (χ2v) is 5.25. The lowest BCUT2D eigenvalue weighted by Gasteiger charge is -2.13. The van der Waals surface area contributed by atoms with Crippen LogP contribution < -0.4 is 14.2 Å². The fraction of sp³-hybridized carbons (Fsp3) is 0.158. The third-order valence-corrected chi connectivity index (χ3v) is 3.80. The number of H-pyrrole nitrogens is 1. The molecule has 1 N–H and O–H groups in total. The van der Waals surface area contributed by atoms with Crippen LogP contribution >= 0.6 is 0 Å². The summed E-state index contributed by atoms with van der Waals surface area (Å²) in [5, 5.41) is 0. The number of nitrogens with one attached hydrogen (secondary N) is 1. The van der Waals surface area contributed by atoms with Crippen LogP contribution in [0, 0.1) is 0 Å². The molecule has 0 amide bonds. The van der Waals surface area contributed by atoms with Crippen LogP contribution in [0.4, 0.5) is 0 Å². The predicted octanol–water partition coefficient (Wildman–Crippen LogP) is 3.33. The van der Waals surface area contributed by atoms with Gasteiger partial charge in [0.15, 0.2) is 11.5 Å². The quantitative estimate of drug-likeness (QED) is 0.698. The summed E-state index contributed by atoms with van der Waals surface area (Å²) in [6.07, 6.45) is 3.64. The van der Waals surface area contributed by atoms with E-state index in [1.165, 1.54) is 21.3 Å². The van der Waals surface area contributed by atoms with Crippen LogP contribution in [0.2, 0.25) is 0 Å². The van der Waals surface area contributed by atoms with E-state index in [2.05, 4.69) is 9.97 Å². The first kappa shape index (κ1) is 16.6. The van der Waals surface area contributed by atoms with Crippen molar-refractivity contribution in [2.24, 2.45) is 0 Å². The van der Waals surface area contributed by atoms with Gasteiger partial charge in [-0.05, 0) is 30.3 Å². The topological polar surface area (TPSA) is 73.4 Å². The van der Waals surface area contributed by atoms with E-state index in [1.54, 1.807) is 24.3 Å². The molecule has 2 aromatic heterocycles. The fourth-order valence-electron chi connectivity index (χ4n) is 2.57. The third-order valence-electron chi connectivity index (χ3n) is 3.80. The Bertz CT molecular complexity index is 863. The molecule has 0 unspecified atom stereocenters. The lowest BCUT2D eigenvalue weighted by molar-refractivity contribution is 0.103. The van der Waals surface area contributed by atoms with Gasteiger partial charge in [-0.2, -0.15) is 0 Å². The molecular weight excluding hydrogens is 320 g/mol. The van der Waals surface area contributed by atoms with Crippen LogP contribution in [-0.2, 0) is 0 Å². The Morgan fingerprint density at radius 2 is 1.72 bits per heavy atom. The van der Waals surface area contributed by atoms with Gasteiger partial charge in [0.2, 0.25) is 11.5 Å². The molecule has 6 heteroatoms. The monoisotopic (exact) mass is 338 g/mol. The maximum absolute atomic E-state index is 12.9. The van der Waals surface area contributed by atoms with Crippen molar-refractivity contribution in [2.45, 2.75) is 0 Å². The first-order valence-corrected chi connectivity index (χ1v) is 7.63. The van der Waals surface area contributed by atoms with Gasteiger partial charge >= 0.3 is 0 Å². The van der Waals surface area contributed by atoms with Crippen molar-refractivity contribution in [2.75, 3.05) is 21.3 Å². The summed E-state index contributed by atoms with van der Waals surface area (Å²) in [7, 11) is 4.54. The number of methoxy groups -OCH3 is 3. The standard InChI is InChI=1S/C19H18N2O4/c1-23-16-9-13(10-17(24-2)19(16)25-3)18(22)15-6-4-5-14(21-15)12-7-8-20-11-12/h4-11,20H,1-3H3. The molecule has 0 fully saturated rings. The molecule has 6 nitrogen and oxygen atoms in total. The average Bonchev–Trinajstić information content (AvgIpc) is 3.21. The van der Waals surface area contributed by atoms with Crippen LogP contribution in [0.5, 0.6) is 17.2 Å². The highest BCUT2D eigenvalue weighted by Gasteiger charge is 2.19. The van der Waals surface area contributed by atoms with Crippen LogP contribution in [0.3, 0.4) is 0 Å². The normalized spacial score (nSPS) is 10.4. The van der Waals surface area contributed by atoms with Gasteiger partial charge in [0.05, 0.1) is 27.0 Å². The highest BCUT2D eigenvalue weighted by Crippen LogP contribution is 2.38. The van der Waals surface area contributed by atoms with Crippen molar-refractivity contribution in [3.8, 4) is 28.5 Å². The van der Waals surface area contributed by atoms with Gasteiger partial charge in [0, 0.05) is 23.5 Å². The Kier molecular flexibility index (Phi) is 4.70. The fourth-order valence-corrected chi connectivity index (χ4v) is 2.57. The van der Waals surface area contributed by atoms with Crippen LogP contribution in [0.15, 0.2) is 48.8 Å². The molecule has 128 valence electrons. The minimum Gasteiger partial charge on any atom is -0.493 e. The molecule has 0 saturated carbocycles. The van der Waals surface area contributed by atoms with Crippen molar-refractivity contribution >= 4 is 5.78 Å². The van der Waals surface area contributed by atoms with E-state index in [9.17, 15) is 4.79 Å². The zero-order valence-electron chi connectivity index (χ0n) is 14.2. The number of ether oxygens (including phenoxy) is 3. The summed E-state index contributed by atoms with van der Waals surface area (Å²) < 4.78 is 15.9. The Labute approximate surface area is 145 Å². The van der Waals surface area contributed by atoms with Crippen molar-refractivity contribution < 1.29 is 19.0 Å². The van der Waals surface area contributed by atoms with Crippen molar-refractivity contribution in [3.05, 3.63) is 60.0 Å². The number of aromatic nitrogens is 2. The van der Waals surface area contributed by atoms with Crippen molar-refractivity contribution in [3.63, 3.8) is 0 Å². The van der Waals surface area contributed by atoms with E-state index in [4.69, 9.17) is 14.2 Å². The smallest absolute Gasteiger partial charge is 0.211 e. The number of rotatable bonds is 6. The molecule has 0 saturated heterocycles. The Morgan fingerprint density at radius 1 is 1.00 bits per heavy atom. The molecule has 0 aliphatic heterocycles. The number of nitrogens with zero attached hydrogens (tertiary/aromatic N) is 1. The number of aromatic amines is 1. The van der Waals surface area contributed by atoms with Gasteiger partial charge in [-0.3, -0.25) is 4.79 Å². The molecule has 0 aliphatic carbocycles. The van der Waals surface area contributed by atoms with E-state index in [-0.39, 0.29) is 5.78 Å². The molecule has 3 aromatic rings. The Hall–Kier alpha value is -3.28. The SMILES string of the molecule is COc1cc(C(=O)c2cccc(-c3cc[nH]c3)n2)cc(OC)c1OC. The first-order chi connectivity index (χ1) is 12.2. The molecular formula is C19H18N2O4. The minimum atomic E-state index is -0.225. The summed E-state index contributed by atoms with van der Waals surface area (Å²) in [6.45, 7) is 0. The van der Waals surface area contributed by atoms with Gasteiger partial charge in [0.25, 0.3) is 0 Å². The molecule has 25 heavy (non-hydrogen) atoms. The summed E-state index contributed by atoms with van der Waals surface area (Å²) in [6, 6.07) is 10.5. The minimum absolute atomic E-state index is 0.225. The van der Waals surface area contributed by atoms with Gasteiger partial charge in [0.1, 0.15) is 5.69 Å². The van der Waals surface area contributed by atoms with Crippen molar-refractivity contribution in [1.82, 2.24) is 9.97 Å². The molecule has 0 spiro atoms. The number of ketones is 1. The van der Waals surface area contributed by atoms with Gasteiger partial charge in [-0.15, -0.1) is 0 Å². The molecule has 0 radical (unpaired) electrons. The van der Waals surface area contributed by atoms with Crippen LogP contribution in [0.25, 0.3) is 11.3 Å². The van der Waals surface area contributed by atoms with Gasteiger partial charge in [-0.1, -0.05) is 6.07 Å². The number of carbonyl (C=O) groups excluding carboxylic acids is 1. The Balaban J connectivity index is 2.02. The summed E-state index contributed by atoms with van der Waals surface area (Å²) in [5.41, 5.74) is 2.39. The lowest BCUT2D eigenvalue weighted by atomic mass is 10.1. The van der Waals surface area contributed by atoms with Gasteiger partial charge in [-0.25, -0.2) is 4.98 Å². The highest BCUT2D eigenvalue weighted by molar-refractivity contribution is 6.08. The van der Waals surface area contributed by atoms with E-state index >= 15 is 0 Å². The van der Waals surface area contributed by atoms with E-state index < -0.39 is 0 Å². The molecule has 1 aromatic carbocycles. The third kappa shape index (κ3) is 3.19. The summed E-state index contributed by atoms with van der Waals surface area (Å²) in [4.78, 5) is 20.3. The Morgan fingerprint density at radius 3 is 2.28 bits per heavy atom. The second kappa shape index (κ2) is 7.09. The lowest BCUT2D eigenvalue weighted by Crippen LogP contribution is -2.06. The maximum Gasteiger partial charge on any atom is 0.211 e. The number of carbonyl (C=O) groups is 1. The summed E-state index contributed by atoms with van der Waals surface area (Å²) in [5.74, 6) is 1.06. The van der Waals surface area contributed by atoms with E-state index in [0.29, 0.717) is 28.5 Å². The second-order valence-electron chi connectivity index (χ2n) is 5.25. The molecule has 0 bridgehead atoms. The average molecular weight is 338 g/mol. The summed E-state index contributed by atoms with van der Waals surface area (Å²) >= 11 is 0. The number of hydrogen-bond donors (Lipinski definition) is 1. The first-order valence-electron chi connectivity index (χ1n) is 7.63. The molecule has 0 aliphatic rings. The zero-order chi connectivity index (χ0) is 17.8. The number of hydrogen-bond acceptors (Lipinski definition) is 5. The van der Waals surface area contributed by atoms with Crippen molar-refractivity contribution in [1.29, 1.82) is 0 Å². The zero-order valence-corrected chi connectivity index (χ0v) is 14.2. The van der Waals surface area contributed by atoms with E-state index in [1.807, 2.05) is 24.5 Å². The van der Waals surface area contributed by atoms with E-state index in [0.717, 1.165) is 11.3 Å². The van der Waals surface area contributed by atoms with Gasteiger partial charge < -0.3 is 19.2 Å². The van der Waals surface area contributed by atoms with Crippen LogP contribution in [-0.4, -0.2) is 37.1 Å². The molecule has 0 atom stereocenters. The molecule has 3 rings (SSSR count). The molecule has 2 heterocycles. The number of benzene rings is 1. The highest BCUT2D eigenvalue weighted by atomic mass is 16.5. The largest absolute Gasteiger partial charge is 0.493 e.